The van der Waals surface area contributed by atoms with Crippen LogP contribution in [0.4, 0.5) is 0 Å². The molecule has 23 heavy (non-hydrogen) atoms. The minimum absolute atomic E-state index is 0.00579. The van der Waals surface area contributed by atoms with Crippen LogP contribution >= 0.6 is 0 Å². The van der Waals surface area contributed by atoms with Gasteiger partial charge in [0.15, 0.2) is 0 Å². The Hall–Kier alpha value is -1.99. The molecule has 0 bridgehead atoms. The molecule has 1 rings (SSSR count). The number of aromatic nitrogens is 1. The number of nitrogens with zero attached hydrogens (tertiary/aromatic N) is 1. The first-order valence-electron chi connectivity index (χ1n) is 7.83. The number of hydrogen-bond acceptors (Lipinski definition) is 5. The number of rotatable bonds is 8. The lowest BCUT2D eigenvalue weighted by atomic mass is 10.2. The van der Waals surface area contributed by atoms with E-state index in [0.29, 0.717) is 25.9 Å². The summed E-state index contributed by atoms with van der Waals surface area (Å²) in [5, 5.41) is 22.5. The summed E-state index contributed by atoms with van der Waals surface area (Å²) < 4.78 is 0. The summed E-state index contributed by atoms with van der Waals surface area (Å²) in [4.78, 5) is 27.4. The number of hydrogen-bond donors (Lipinski definition) is 4. The molecule has 1 aromatic rings. The first-order chi connectivity index (χ1) is 11.1. The van der Waals surface area contributed by atoms with Gasteiger partial charge in [-0.05, 0) is 18.9 Å². The first-order valence-corrected chi connectivity index (χ1v) is 7.83. The predicted octanol–water partition coefficient (Wildman–Crippen LogP) is 0.722. The van der Waals surface area contributed by atoms with Gasteiger partial charge in [0.05, 0.1) is 11.1 Å². The Morgan fingerprint density at radius 3 is 1.70 bits per heavy atom. The van der Waals surface area contributed by atoms with Crippen LogP contribution in [-0.2, 0) is 0 Å². The van der Waals surface area contributed by atoms with Crippen molar-refractivity contribution in [1.82, 2.24) is 15.6 Å². The zero-order valence-corrected chi connectivity index (χ0v) is 13.8. The van der Waals surface area contributed by atoms with Crippen LogP contribution in [0.15, 0.2) is 18.5 Å². The van der Waals surface area contributed by atoms with Crippen molar-refractivity contribution in [3.8, 4) is 0 Å². The molecule has 1 heterocycles. The molecule has 7 nitrogen and oxygen atoms in total. The van der Waals surface area contributed by atoms with Gasteiger partial charge < -0.3 is 20.8 Å². The third kappa shape index (κ3) is 9.59. The molecule has 0 saturated carbocycles. The van der Waals surface area contributed by atoms with Crippen LogP contribution in [0.25, 0.3) is 0 Å². The fraction of sp³-hybridized carbons (Fsp3) is 0.562. The summed E-state index contributed by atoms with van der Waals surface area (Å²) in [5.41, 5.74) is 0.579. The SMILES string of the molecule is CCC.O=C(NCCCO)c1cncc(C(=O)NCCCO)c1. The van der Waals surface area contributed by atoms with Crippen molar-refractivity contribution in [3.05, 3.63) is 29.6 Å². The monoisotopic (exact) mass is 325 g/mol. The zero-order valence-electron chi connectivity index (χ0n) is 13.8. The second-order valence-electron chi connectivity index (χ2n) is 4.84. The van der Waals surface area contributed by atoms with Gasteiger partial charge in [0.2, 0.25) is 0 Å². The summed E-state index contributed by atoms with van der Waals surface area (Å²) in [6.45, 7) is 4.99. The van der Waals surface area contributed by atoms with Crippen molar-refractivity contribution in [3.63, 3.8) is 0 Å². The Bertz CT molecular complexity index is 429. The first kappa shape index (κ1) is 21.0. The van der Waals surface area contributed by atoms with Gasteiger partial charge in [-0.25, -0.2) is 0 Å². The second kappa shape index (κ2) is 13.7. The molecule has 0 unspecified atom stereocenters. The highest BCUT2D eigenvalue weighted by Crippen LogP contribution is 2.03. The number of pyridine rings is 1. The number of nitrogens with one attached hydrogen (secondary N) is 2. The van der Waals surface area contributed by atoms with E-state index in [-0.39, 0.29) is 36.2 Å². The lowest BCUT2D eigenvalue weighted by Crippen LogP contribution is -2.27. The van der Waals surface area contributed by atoms with Crippen molar-refractivity contribution < 1.29 is 19.8 Å². The molecule has 0 aromatic carbocycles. The molecule has 0 fully saturated rings. The van der Waals surface area contributed by atoms with E-state index in [1.54, 1.807) is 0 Å². The van der Waals surface area contributed by atoms with Gasteiger partial charge in [0, 0.05) is 38.7 Å². The van der Waals surface area contributed by atoms with Crippen molar-refractivity contribution in [1.29, 1.82) is 0 Å². The topological polar surface area (TPSA) is 112 Å². The zero-order chi connectivity index (χ0) is 17.5. The Labute approximate surface area is 137 Å². The van der Waals surface area contributed by atoms with Gasteiger partial charge in [-0.3, -0.25) is 14.6 Å². The maximum Gasteiger partial charge on any atom is 0.252 e. The highest BCUT2D eigenvalue weighted by atomic mass is 16.3. The summed E-state index contributed by atoms with van der Waals surface area (Å²) >= 11 is 0. The summed E-state index contributed by atoms with van der Waals surface area (Å²) in [5.74, 6) is -0.674. The molecule has 130 valence electrons. The highest BCUT2D eigenvalue weighted by molar-refractivity contribution is 5.99. The maximum atomic E-state index is 11.8. The molecule has 0 aliphatic carbocycles. The Kier molecular flexibility index (Phi) is 12.5. The summed E-state index contributed by atoms with van der Waals surface area (Å²) in [6.07, 6.45) is 4.94. The average Bonchev–Trinajstić information content (AvgIpc) is 2.56. The summed E-state index contributed by atoms with van der Waals surface area (Å²) in [6, 6.07) is 1.45. The van der Waals surface area contributed by atoms with Crippen LogP contribution < -0.4 is 10.6 Å². The van der Waals surface area contributed by atoms with E-state index < -0.39 is 0 Å². The molecular weight excluding hydrogens is 298 g/mol. The van der Waals surface area contributed by atoms with E-state index in [4.69, 9.17) is 10.2 Å². The van der Waals surface area contributed by atoms with Gasteiger partial charge in [0.25, 0.3) is 11.8 Å². The largest absolute Gasteiger partial charge is 0.396 e. The maximum absolute atomic E-state index is 11.8. The van der Waals surface area contributed by atoms with E-state index >= 15 is 0 Å². The van der Waals surface area contributed by atoms with Crippen LogP contribution in [0.1, 0.15) is 53.8 Å². The molecular formula is C16H27N3O4. The van der Waals surface area contributed by atoms with Crippen LogP contribution in [-0.4, -0.2) is 53.3 Å². The number of aliphatic hydroxyl groups excluding tert-OH is 2. The van der Waals surface area contributed by atoms with Crippen LogP contribution in [0.3, 0.4) is 0 Å². The average molecular weight is 325 g/mol. The molecule has 0 atom stereocenters. The van der Waals surface area contributed by atoms with Gasteiger partial charge in [0.1, 0.15) is 0 Å². The van der Waals surface area contributed by atoms with Crippen molar-refractivity contribution in [2.45, 2.75) is 33.1 Å². The van der Waals surface area contributed by atoms with Crippen LogP contribution in [0.5, 0.6) is 0 Å². The fourth-order valence-corrected chi connectivity index (χ4v) is 1.45. The van der Waals surface area contributed by atoms with Crippen molar-refractivity contribution in [2.75, 3.05) is 26.3 Å². The normalized spacial score (nSPS) is 9.57. The standard InChI is InChI=1S/C13H19N3O4.C3H8/c17-5-1-3-15-12(19)10-7-11(9-14-8-10)13(20)16-4-2-6-18;1-3-2/h7-9,17-18H,1-6H2,(H,15,19)(H,16,20);3H2,1-2H3. The lowest BCUT2D eigenvalue weighted by molar-refractivity contribution is 0.0950. The van der Waals surface area contributed by atoms with Gasteiger partial charge >= 0.3 is 0 Å². The van der Waals surface area contributed by atoms with Crippen molar-refractivity contribution >= 4 is 11.8 Å². The molecule has 4 N–H and O–H groups in total. The van der Waals surface area contributed by atoms with Crippen LogP contribution in [0, 0.1) is 0 Å². The second-order valence-corrected chi connectivity index (χ2v) is 4.84. The Balaban J connectivity index is 0.00000149. The molecule has 0 aliphatic rings. The van der Waals surface area contributed by atoms with E-state index in [1.807, 2.05) is 0 Å². The van der Waals surface area contributed by atoms with E-state index in [1.165, 1.54) is 24.9 Å². The highest BCUT2D eigenvalue weighted by Gasteiger charge is 2.10. The molecule has 7 heteroatoms. The number of amides is 2. The van der Waals surface area contributed by atoms with Crippen LogP contribution in [0.2, 0.25) is 0 Å². The third-order valence-electron chi connectivity index (χ3n) is 2.50. The predicted molar refractivity (Wildman–Crippen MR) is 88.3 cm³/mol. The van der Waals surface area contributed by atoms with E-state index in [2.05, 4.69) is 29.5 Å². The number of carbonyl (C=O) groups is 2. The lowest BCUT2D eigenvalue weighted by Gasteiger charge is -2.06. The third-order valence-corrected chi connectivity index (χ3v) is 2.50. The molecule has 0 aliphatic heterocycles. The van der Waals surface area contributed by atoms with Gasteiger partial charge in [-0.1, -0.05) is 20.3 Å². The van der Waals surface area contributed by atoms with Gasteiger partial charge in [-0.15, -0.1) is 0 Å². The van der Waals surface area contributed by atoms with Crippen molar-refractivity contribution in [2.24, 2.45) is 0 Å². The van der Waals surface area contributed by atoms with Gasteiger partial charge in [-0.2, -0.15) is 0 Å². The quantitative estimate of drug-likeness (QED) is 0.526. The Morgan fingerprint density at radius 1 is 0.957 bits per heavy atom. The van der Waals surface area contributed by atoms with E-state index in [9.17, 15) is 9.59 Å². The number of carbonyl (C=O) groups excluding carboxylic acids is 2. The molecule has 2 amide bonds. The minimum Gasteiger partial charge on any atom is -0.396 e. The number of aliphatic hydroxyl groups is 2. The minimum atomic E-state index is -0.337. The summed E-state index contributed by atoms with van der Waals surface area (Å²) in [7, 11) is 0. The fourth-order valence-electron chi connectivity index (χ4n) is 1.45. The molecule has 1 aromatic heterocycles. The smallest absolute Gasteiger partial charge is 0.252 e. The van der Waals surface area contributed by atoms with E-state index in [0.717, 1.165) is 0 Å². The Morgan fingerprint density at radius 2 is 1.35 bits per heavy atom. The molecule has 0 saturated heterocycles. The molecule has 0 radical (unpaired) electrons. The molecule has 0 spiro atoms.